The molecule has 0 saturated carbocycles. The summed E-state index contributed by atoms with van der Waals surface area (Å²) in [6.07, 6.45) is 4.38. The van der Waals surface area contributed by atoms with Gasteiger partial charge in [0.25, 0.3) is 5.56 Å². The van der Waals surface area contributed by atoms with Gasteiger partial charge in [-0.1, -0.05) is 0 Å². The zero-order chi connectivity index (χ0) is 19.1. The lowest BCUT2D eigenvalue weighted by atomic mass is 10.2. The van der Waals surface area contributed by atoms with Gasteiger partial charge in [0.15, 0.2) is 11.1 Å². The molecule has 2 N–H and O–H groups in total. The number of H-pyrrole nitrogens is 1. The number of nitrogens with one attached hydrogen (secondary N) is 2. The van der Waals surface area contributed by atoms with Crippen molar-refractivity contribution in [1.82, 2.24) is 14.5 Å². The SMILES string of the molecule is CS(=O)(=O)Nc1c([N+](=O)[O-])c(-n2ccc(=O)cc2)cc2ncc(=O)[nH]c12. The molecular weight excluding hydrogens is 366 g/mol. The fraction of sp³-hybridized carbons (Fsp3) is 0.0714. The van der Waals surface area contributed by atoms with Crippen LogP contribution in [0.3, 0.4) is 0 Å². The number of hydrogen-bond donors (Lipinski definition) is 2. The first-order valence-electron chi connectivity index (χ1n) is 7.02. The number of nitrogens with zero attached hydrogens (tertiary/aromatic N) is 3. The first-order valence-corrected chi connectivity index (χ1v) is 8.92. The molecule has 0 spiro atoms. The number of nitro groups is 1. The first-order chi connectivity index (χ1) is 12.2. The van der Waals surface area contributed by atoms with Crippen LogP contribution < -0.4 is 15.7 Å². The Morgan fingerprint density at radius 2 is 1.92 bits per heavy atom. The number of rotatable bonds is 4. The standard InChI is InChI=1S/C14H11N5O6S/c1-26(24,25)17-13-12-9(15-7-11(21)16-12)6-10(14(13)19(22)23)18-4-2-8(20)3-5-18/h2-7,17H,1H3,(H,16,21). The van der Waals surface area contributed by atoms with Crippen molar-refractivity contribution in [2.75, 3.05) is 11.0 Å². The van der Waals surface area contributed by atoms with Crippen molar-refractivity contribution in [2.24, 2.45) is 0 Å². The topological polar surface area (TPSA) is 157 Å². The van der Waals surface area contributed by atoms with Crippen LogP contribution in [-0.4, -0.2) is 34.1 Å². The van der Waals surface area contributed by atoms with E-state index in [-0.39, 0.29) is 22.1 Å². The summed E-state index contributed by atoms with van der Waals surface area (Å²) in [5, 5.41) is 11.7. The van der Waals surface area contributed by atoms with Crippen LogP contribution in [0.2, 0.25) is 0 Å². The summed E-state index contributed by atoms with van der Waals surface area (Å²) in [7, 11) is -3.91. The number of sulfonamides is 1. The molecule has 12 heteroatoms. The van der Waals surface area contributed by atoms with Crippen LogP contribution in [0.25, 0.3) is 16.7 Å². The van der Waals surface area contributed by atoms with Gasteiger partial charge in [-0.25, -0.2) is 13.4 Å². The largest absolute Gasteiger partial charge is 0.319 e. The average molecular weight is 377 g/mol. The van der Waals surface area contributed by atoms with Gasteiger partial charge in [-0.15, -0.1) is 0 Å². The highest BCUT2D eigenvalue weighted by Crippen LogP contribution is 2.37. The van der Waals surface area contributed by atoms with Crippen LogP contribution in [0.5, 0.6) is 0 Å². The Balaban J connectivity index is 2.48. The molecule has 0 saturated heterocycles. The predicted molar refractivity (Wildman–Crippen MR) is 93.1 cm³/mol. The maximum absolute atomic E-state index is 11.7. The summed E-state index contributed by atoms with van der Waals surface area (Å²) in [6.45, 7) is 0. The number of benzene rings is 1. The van der Waals surface area contributed by atoms with Gasteiger partial charge in [-0.3, -0.25) is 24.4 Å². The van der Waals surface area contributed by atoms with E-state index >= 15 is 0 Å². The summed E-state index contributed by atoms with van der Waals surface area (Å²) in [5.41, 5.74) is -2.02. The fourth-order valence-corrected chi connectivity index (χ4v) is 2.97. The van der Waals surface area contributed by atoms with Crippen molar-refractivity contribution in [3.63, 3.8) is 0 Å². The van der Waals surface area contributed by atoms with E-state index in [2.05, 4.69) is 14.7 Å². The molecule has 0 aliphatic carbocycles. The Morgan fingerprint density at radius 3 is 2.50 bits per heavy atom. The second kappa shape index (κ2) is 6.07. The van der Waals surface area contributed by atoms with Gasteiger partial charge >= 0.3 is 5.69 Å². The van der Waals surface area contributed by atoms with Crippen LogP contribution >= 0.6 is 0 Å². The summed E-state index contributed by atoms with van der Waals surface area (Å²) < 4.78 is 26.7. The molecule has 0 unspecified atom stereocenters. The zero-order valence-electron chi connectivity index (χ0n) is 13.2. The molecule has 2 heterocycles. The van der Waals surface area contributed by atoms with Gasteiger partial charge in [0.1, 0.15) is 5.69 Å². The third-order valence-electron chi connectivity index (χ3n) is 3.38. The molecule has 0 aliphatic heterocycles. The van der Waals surface area contributed by atoms with Crippen molar-refractivity contribution in [3.8, 4) is 5.69 Å². The minimum Gasteiger partial charge on any atom is -0.318 e. The van der Waals surface area contributed by atoms with Gasteiger partial charge in [-0.2, -0.15) is 0 Å². The lowest BCUT2D eigenvalue weighted by Gasteiger charge is -2.13. The smallest absolute Gasteiger partial charge is 0.318 e. The molecule has 0 atom stereocenters. The van der Waals surface area contributed by atoms with Crippen LogP contribution in [0.4, 0.5) is 11.4 Å². The summed E-state index contributed by atoms with van der Waals surface area (Å²) in [5.74, 6) is 0. The van der Waals surface area contributed by atoms with E-state index in [0.29, 0.717) is 0 Å². The molecule has 26 heavy (non-hydrogen) atoms. The van der Waals surface area contributed by atoms with Crippen LogP contribution in [0.15, 0.2) is 46.4 Å². The molecule has 3 aromatic rings. The Bertz CT molecular complexity index is 1240. The van der Waals surface area contributed by atoms with E-state index in [1.165, 1.54) is 35.2 Å². The Hall–Kier alpha value is -3.54. The lowest BCUT2D eigenvalue weighted by molar-refractivity contribution is -0.383. The predicted octanol–water partition coefficient (Wildman–Crippen LogP) is 0.354. The van der Waals surface area contributed by atoms with Gasteiger partial charge in [0.05, 0.1) is 28.4 Å². The number of nitro benzene ring substituents is 1. The molecule has 0 bridgehead atoms. The van der Waals surface area contributed by atoms with Crippen molar-refractivity contribution in [3.05, 3.63) is 67.5 Å². The summed E-state index contributed by atoms with van der Waals surface area (Å²) >= 11 is 0. The Kier molecular flexibility index (Phi) is 4.04. The quantitative estimate of drug-likeness (QED) is 0.490. The number of aromatic nitrogens is 3. The molecular formula is C14H11N5O6S. The van der Waals surface area contributed by atoms with Crippen molar-refractivity contribution < 1.29 is 13.3 Å². The molecule has 134 valence electrons. The third kappa shape index (κ3) is 3.30. The highest BCUT2D eigenvalue weighted by atomic mass is 32.2. The Labute approximate surface area is 145 Å². The zero-order valence-corrected chi connectivity index (χ0v) is 14.0. The number of hydrogen-bond acceptors (Lipinski definition) is 7. The van der Waals surface area contributed by atoms with Crippen molar-refractivity contribution in [2.45, 2.75) is 0 Å². The van der Waals surface area contributed by atoms with E-state index in [4.69, 9.17) is 0 Å². The van der Waals surface area contributed by atoms with Gasteiger partial charge in [0, 0.05) is 24.5 Å². The number of pyridine rings is 1. The van der Waals surface area contributed by atoms with Gasteiger partial charge in [0.2, 0.25) is 10.0 Å². The molecule has 3 rings (SSSR count). The van der Waals surface area contributed by atoms with Crippen molar-refractivity contribution >= 4 is 32.4 Å². The number of aromatic amines is 1. The molecule has 0 fully saturated rings. The van der Waals surface area contributed by atoms with E-state index in [1.54, 1.807) is 0 Å². The number of anilines is 1. The average Bonchev–Trinajstić information content (AvgIpc) is 2.54. The first kappa shape index (κ1) is 17.3. The molecule has 11 nitrogen and oxygen atoms in total. The normalized spacial score (nSPS) is 11.4. The highest BCUT2D eigenvalue weighted by molar-refractivity contribution is 7.92. The van der Waals surface area contributed by atoms with Crippen molar-refractivity contribution in [1.29, 1.82) is 0 Å². The van der Waals surface area contributed by atoms with E-state index in [9.17, 15) is 28.1 Å². The van der Waals surface area contributed by atoms with E-state index < -0.39 is 31.9 Å². The molecule has 0 radical (unpaired) electrons. The second-order valence-electron chi connectivity index (χ2n) is 5.33. The van der Waals surface area contributed by atoms with Crippen LogP contribution in [0, 0.1) is 10.1 Å². The summed E-state index contributed by atoms with van der Waals surface area (Å²) in [6, 6.07) is 3.69. The fourth-order valence-electron chi connectivity index (χ4n) is 2.40. The summed E-state index contributed by atoms with van der Waals surface area (Å²) in [4.78, 5) is 40.0. The lowest BCUT2D eigenvalue weighted by Crippen LogP contribution is -2.16. The maximum atomic E-state index is 11.7. The third-order valence-corrected chi connectivity index (χ3v) is 3.95. The highest BCUT2D eigenvalue weighted by Gasteiger charge is 2.27. The second-order valence-corrected chi connectivity index (χ2v) is 7.08. The molecule has 1 aromatic carbocycles. The van der Waals surface area contributed by atoms with Crippen LogP contribution in [0.1, 0.15) is 0 Å². The molecule has 0 aliphatic rings. The van der Waals surface area contributed by atoms with Gasteiger partial charge < -0.3 is 9.55 Å². The van der Waals surface area contributed by atoms with E-state index in [1.807, 2.05) is 0 Å². The molecule has 0 amide bonds. The Morgan fingerprint density at radius 1 is 1.27 bits per heavy atom. The number of fused-ring (bicyclic) bond motifs is 1. The monoisotopic (exact) mass is 377 g/mol. The maximum Gasteiger partial charge on any atom is 0.319 e. The van der Waals surface area contributed by atoms with Crippen LogP contribution in [-0.2, 0) is 10.0 Å². The van der Waals surface area contributed by atoms with Gasteiger partial charge in [-0.05, 0) is 6.07 Å². The minimum absolute atomic E-state index is 0.0341. The molecule has 2 aromatic heterocycles. The minimum atomic E-state index is -3.91. The van der Waals surface area contributed by atoms with E-state index in [0.717, 1.165) is 12.5 Å².